The number of nitrogens with one attached hydrogen (secondary N) is 2. The summed E-state index contributed by atoms with van der Waals surface area (Å²) in [5.41, 5.74) is 0. The molecule has 2 N–H and O–H groups in total. The van der Waals surface area contributed by atoms with E-state index in [1.54, 1.807) is 6.07 Å². The molecule has 0 amide bonds. The van der Waals surface area contributed by atoms with Crippen LogP contribution in [0.4, 0.5) is 0 Å². The molecule has 17 heavy (non-hydrogen) atoms. The zero-order valence-electron chi connectivity index (χ0n) is 8.91. The van der Waals surface area contributed by atoms with Crippen molar-refractivity contribution in [3.63, 3.8) is 0 Å². The Morgan fingerprint density at radius 3 is 2.76 bits per heavy atom. The van der Waals surface area contributed by atoms with Crippen LogP contribution >= 0.6 is 23.2 Å². The van der Waals surface area contributed by atoms with E-state index in [0.29, 0.717) is 11.6 Å². The van der Waals surface area contributed by atoms with Crippen molar-refractivity contribution in [2.75, 3.05) is 13.1 Å². The van der Waals surface area contributed by atoms with Crippen molar-refractivity contribution in [3.05, 3.63) is 28.2 Å². The minimum atomic E-state index is -3.60. The molecule has 1 saturated heterocycles. The number of sulfonamides is 1. The van der Waals surface area contributed by atoms with Gasteiger partial charge in [0.1, 0.15) is 4.90 Å². The van der Waals surface area contributed by atoms with Crippen LogP contribution in [0.15, 0.2) is 23.1 Å². The lowest BCUT2D eigenvalue weighted by atomic mass is 10.3. The highest BCUT2D eigenvalue weighted by Crippen LogP contribution is 2.25. The zero-order valence-corrected chi connectivity index (χ0v) is 11.2. The lowest BCUT2D eigenvalue weighted by Crippen LogP contribution is -2.36. The van der Waals surface area contributed by atoms with Crippen molar-refractivity contribution < 1.29 is 8.42 Å². The highest BCUT2D eigenvalue weighted by atomic mass is 35.5. The van der Waals surface area contributed by atoms with Crippen LogP contribution in [0.3, 0.4) is 0 Å². The molecular formula is C10H12Cl2N2O2S. The summed E-state index contributed by atoms with van der Waals surface area (Å²) >= 11 is 11.6. The first-order valence-corrected chi connectivity index (χ1v) is 7.41. The summed E-state index contributed by atoms with van der Waals surface area (Å²) in [4.78, 5) is 0.0265. The Morgan fingerprint density at radius 1 is 1.35 bits per heavy atom. The summed E-state index contributed by atoms with van der Waals surface area (Å²) in [6, 6.07) is 4.30. The molecule has 1 heterocycles. The molecule has 0 aromatic heterocycles. The number of benzene rings is 1. The molecule has 0 bridgehead atoms. The van der Waals surface area contributed by atoms with Gasteiger partial charge in [-0.25, -0.2) is 13.1 Å². The molecule has 0 spiro atoms. The smallest absolute Gasteiger partial charge is 0.242 e. The van der Waals surface area contributed by atoms with Gasteiger partial charge in [0, 0.05) is 17.6 Å². The topological polar surface area (TPSA) is 58.2 Å². The number of rotatable bonds is 3. The molecule has 0 radical (unpaired) electrons. The second-order valence-electron chi connectivity index (χ2n) is 3.89. The summed E-state index contributed by atoms with van der Waals surface area (Å²) in [7, 11) is -3.60. The van der Waals surface area contributed by atoms with Crippen LogP contribution in [-0.4, -0.2) is 27.5 Å². The molecule has 0 unspecified atom stereocenters. The van der Waals surface area contributed by atoms with Gasteiger partial charge in [-0.05, 0) is 31.2 Å². The molecule has 1 aromatic carbocycles. The third-order valence-corrected chi connectivity index (χ3v) is 4.80. The average Bonchev–Trinajstić information content (AvgIpc) is 2.73. The molecule has 0 saturated carbocycles. The lowest BCUT2D eigenvalue weighted by Gasteiger charge is -2.13. The first kappa shape index (κ1) is 13.1. The summed E-state index contributed by atoms with van der Waals surface area (Å²) in [6.45, 7) is 1.45. The fourth-order valence-electron chi connectivity index (χ4n) is 1.72. The normalized spacial score (nSPS) is 20.7. The third-order valence-electron chi connectivity index (χ3n) is 2.56. The van der Waals surface area contributed by atoms with Crippen LogP contribution < -0.4 is 10.0 Å². The molecular weight excluding hydrogens is 283 g/mol. The van der Waals surface area contributed by atoms with Crippen molar-refractivity contribution in [1.29, 1.82) is 0 Å². The van der Waals surface area contributed by atoms with Crippen molar-refractivity contribution in [2.45, 2.75) is 17.4 Å². The van der Waals surface area contributed by atoms with Gasteiger partial charge in [-0.3, -0.25) is 0 Å². The van der Waals surface area contributed by atoms with Gasteiger partial charge >= 0.3 is 0 Å². The maximum Gasteiger partial charge on any atom is 0.242 e. The molecule has 1 atom stereocenters. The quantitative estimate of drug-likeness (QED) is 0.891. The first-order chi connectivity index (χ1) is 7.99. The largest absolute Gasteiger partial charge is 0.315 e. The first-order valence-electron chi connectivity index (χ1n) is 5.17. The molecule has 7 heteroatoms. The number of halogens is 2. The van der Waals surface area contributed by atoms with Gasteiger partial charge in [0.25, 0.3) is 0 Å². The van der Waals surface area contributed by atoms with Gasteiger partial charge in [-0.2, -0.15) is 0 Å². The van der Waals surface area contributed by atoms with E-state index >= 15 is 0 Å². The Labute approximate surface area is 110 Å². The van der Waals surface area contributed by atoms with E-state index in [1.807, 2.05) is 0 Å². The van der Waals surface area contributed by atoms with Crippen molar-refractivity contribution in [1.82, 2.24) is 10.0 Å². The Morgan fingerprint density at radius 2 is 2.12 bits per heavy atom. The van der Waals surface area contributed by atoms with Crippen molar-refractivity contribution in [2.24, 2.45) is 0 Å². The average molecular weight is 295 g/mol. The fraction of sp³-hybridized carbons (Fsp3) is 0.400. The van der Waals surface area contributed by atoms with Crippen molar-refractivity contribution >= 4 is 33.2 Å². The highest BCUT2D eigenvalue weighted by Gasteiger charge is 2.24. The third kappa shape index (κ3) is 3.11. The molecule has 4 nitrogen and oxygen atoms in total. The van der Waals surface area contributed by atoms with Crippen LogP contribution in [-0.2, 0) is 10.0 Å². The minimum absolute atomic E-state index is 0.0265. The van der Waals surface area contributed by atoms with E-state index < -0.39 is 10.0 Å². The maximum atomic E-state index is 12.1. The predicted octanol–water partition coefficient (Wildman–Crippen LogP) is 1.63. The van der Waals surface area contributed by atoms with Gasteiger partial charge in [-0.15, -0.1) is 0 Å². The van der Waals surface area contributed by atoms with Gasteiger partial charge in [0.2, 0.25) is 10.0 Å². The molecule has 1 aromatic rings. The van der Waals surface area contributed by atoms with Crippen LogP contribution in [0.5, 0.6) is 0 Å². The molecule has 94 valence electrons. The number of hydrogen-bond donors (Lipinski definition) is 2. The van der Waals surface area contributed by atoms with E-state index in [2.05, 4.69) is 10.0 Å². The van der Waals surface area contributed by atoms with Gasteiger partial charge in [0.15, 0.2) is 0 Å². The maximum absolute atomic E-state index is 12.1. The van der Waals surface area contributed by atoms with E-state index in [0.717, 1.165) is 13.0 Å². The zero-order chi connectivity index (χ0) is 12.5. The van der Waals surface area contributed by atoms with Gasteiger partial charge in [-0.1, -0.05) is 23.2 Å². The SMILES string of the molecule is O=S(=O)(N[C@@H]1CCNC1)c1cc(Cl)ccc1Cl. The van der Waals surface area contributed by atoms with Crippen molar-refractivity contribution in [3.8, 4) is 0 Å². The second-order valence-corrected chi connectivity index (χ2v) is 6.41. The summed E-state index contributed by atoms with van der Waals surface area (Å²) < 4.78 is 26.8. The molecule has 1 aliphatic heterocycles. The van der Waals surface area contributed by atoms with Gasteiger partial charge < -0.3 is 5.32 Å². The lowest BCUT2D eigenvalue weighted by molar-refractivity contribution is 0.560. The monoisotopic (exact) mass is 294 g/mol. The fourth-order valence-corrected chi connectivity index (χ4v) is 3.75. The van der Waals surface area contributed by atoms with Crippen LogP contribution in [0.2, 0.25) is 10.0 Å². The van der Waals surface area contributed by atoms with Crippen LogP contribution in [0, 0.1) is 0 Å². The van der Waals surface area contributed by atoms with Gasteiger partial charge in [0.05, 0.1) is 5.02 Å². The molecule has 2 rings (SSSR count). The van der Waals surface area contributed by atoms with E-state index in [1.165, 1.54) is 12.1 Å². The Kier molecular flexibility index (Phi) is 3.95. The number of hydrogen-bond acceptors (Lipinski definition) is 3. The summed E-state index contributed by atoms with van der Waals surface area (Å²) in [5.74, 6) is 0. The van der Waals surface area contributed by atoms with E-state index in [-0.39, 0.29) is 16.0 Å². The summed E-state index contributed by atoms with van der Waals surface area (Å²) in [6.07, 6.45) is 0.775. The minimum Gasteiger partial charge on any atom is -0.315 e. The highest BCUT2D eigenvalue weighted by molar-refractivity contribution is 7.89. The summed E-state index contributed by atoms with van der Waals surface area (Å²) in [5, 5.41) is 3.61. The van der Waals surface area contributed by atoms with Crippen LogP contribution in [0.25, 0.3) is 0 Å². The predicted molar refractivity (Wildman–Crippen MR) is 68.1 cm³/mol. The Balaban J connectivity index is 2.27. The Bertz CT molecular complexity index is 513. The molecule has 0 aliphatic carbocycles. The standard InChI is InChI=1S/C10H12Cl2N2O2S/c11-7-1-2-9(12)10(5-7)17(15,16)14-8-3-4-13-6-8/h1-2,5,8,13-14H,3-4,6H2/t8-/m1/s1. The van der Waals surface area contributed by atoms with Crippen LogP contribution in [0.1, 0.15) is 6.42 Å². The van der Waals surface area contributed by atoms with E-state index in [4.69, 9.17) is 23.2 Å². The molecule has 1 fully saturated rings. The van der Waals surface area contributed by atoms with E-state index in [9.17, 15) is 8.42 Å². The second kappa shape index (κ2) is 5.12. The molecule has 1 aliphatic rings. The Hall–Kier alpha value is -0.330.